The molecule has 1 heterocycles. The maximum atomic E-state index is 14.5. The first-order valence-electron chi connectivity index (χ1n) is 8.96. The van der Waals surface area contributed by atoms with Crippen molar-refractivity contribution >= 4 is 45.8 Å². The minimum atomic E-state index is -1.26. The molecule has 0 aromatic heterocycles. The smallest absolute Gasteiger partial charge is 0.256 e. The number of primary amides is 1. The van der Waals surface area contributed by atoms with Crippen LogP contribution in [0.2, 0.25) is 0 Å². The van der Waals surface area contributed by atoms with Gasteiger partial charge in [0, 0.05) is 22.6 Å². The van der Waals surface area contributed by atoms with E-state index in [1.54, 1.807) is 13.0 Å². The summed E-state index contributed by atoms with van der Waals surface area (Å²) in [4.78, 5) is 25.5. The average Bonchev–Trinajstić information content (AvgIpc) is 2.63. The highest BCUT2D eigenvalue weighted by molar-refractivity contribution is 14.1. The lowest BCUT2D eigenvalue weighted by Gasteiger charge is -2.40. The van der Waals surface area contributed by atoms with Gasteiger partial charge in [-0.3, -0.25) is 9.59 Å². The number of nitrogens with two attached hydrogens (primary N) is 1. The van der Waals surface area contributed by atoms with E-state index >= 15 is 0 Å². The van der Waals surface area contributed by atoms with E-state index in [0.29, 0.717) is 23.1 Å². The molecule has 0 radical (unpaired) electrons. The third-order valence-corrected chi connectivity index (χ3v) is 5.60. The number of anilines is 2. The Bertz CT molecular complexity index is 964. The van der Waals surface area contributed by atoms with E-state index in [-0.39, 0.29) is 23.1 Å². The molecule has 0 saturated carbocycles. The molecule has 29 heavy (non-hydrogen) atoms. The Morgan fingerprint density at radius 1 is 1.21 bits per heavy atom. The van der Waals surface area contributed by atoms with Crippen LogP contribution < -0.4 is 11.1 Å². The number of rotatable bonds is 6. The van der Waals surface area contributed by atoms with Crippen LogP contribution in [0.5, 0.6) is 0 Å². The van der Waals surface area contributed by atoms with Crippen molar-refractivity contribution in [3.05, 3.63) is 56.9 Å². The van der Waals surface area contributed by atoms with Crippen molar-refractivity contribution in [2.75, 3.05) is 18.4 Å². The lowest BCUT2D eigenvalue weighted by Crippen LogP contribution is -2.51. The zero-order valence-electron chi connectivity index (χ0n) is 15.5. The fourth-order valence-electron chi connectivity index (χ4n) is 3.25. The molecule has 2 aromatic carbocycles. The molecule has 1 saturated heterocycles. The Morgan fingerprint density at radius 3 is 2.52 bits per heavy atom. The average molecular weight is 517 g/mol. The van der Waals surface area contributed by atoms with E-state index in [0.717, 1.165) is 6.07 Å². The Morgan fingerprint density at radius 2 is 1.90 bits per heavy atom. The van der Waals surface area contributed by atoms with Crippen LogP contribution in [0.1, 0.15) is 23.7 Å². The number of amides is 2. The van der Waals surface area contributed by atoms with Crippen molar-refractivity contribution in [2.24, 2.45) is 17.6 Å². The molecule has 154 valence electrons. The van der Waals surface area contributed by atoms with Gasteiger partial charge in [-0.25, -0.2) is 13.2 Å². The molecule has 5 nitrogen and oxygen atoms in total. The van der Waals surface area contributed by atoms with Gasteiger partial charge in [0.05, 0.1) is 16.9 Å². The summed E-state index contributed by atoms with van der Waals surface area (Å²) in [5, 5.41) is 2.52. The van der Waals surface area contributed by atoms with Gasteiger partial charge in [0.25, 0.3) is 5.91 Å². The van der Waals surface area contributed by atoms with E-state index in [2.05, 4.69) is 5.32 Å². The summed E-state index contributed by atoms with van der Waals surface area (Å²) >= 11 is 1.93. The van der Waals surface area contributed by atoms with Gasteiger partial charge in [-0.1, -0.05) is 6.92 Å². The number of hydrogen-bond donors (Lipinski definition) is 2. The number of nitrogens with zero attached hydrogens (tertiary/aromatic N) is 1. The molecule has 2 aromatic rings. The van der Waals surface area contributed by atoms with Crippen molar-refractivity contribution < 1.29 is 22.8 Å². The lowest BCUT2D eigenvalue weighted by molar-refractivity contribution is -0.122. The van der Waals surface area contributed by atoms with Gasteiger partial charge in [0.15, 0.2) is 11.6 Å². The summed E-state index contributed by atoms with van der Waals surface area (Å²) < 4.78 is 43.0. The van der Waals surface area contributed by atoms with Crippen LogP contribution >= 0.6 is 22.6 Å². The molecule has 3 rings (SSSR count). The third-order valence-electron chi connectivity index (χ3n) is 4.93. The number of carbonyl (C=O) groups is 2. The lowest BCUT2D eigenvalue weighted by atomic mass is 9.88. The van der Waals surface area contributed by atoms with Crippen LogP contribution in [0.3, 0.4) is 0 Å². The maximum Gasteiger partial charge on any atom is 0.256 e. The number of hydrogen-bond acceptors (Lipinski definition) is 3. The normalized spacial score (nSPS) is 15.0. The Labute approximate surface area is 179 Å². The molecule has 2 amide bonds. The van der Waals surface area contributed by atoms with E-state index < -0.39 is 35.0 Å². The summed E-state index contributed by atoms with van der Waals surface area (Å²) in [7, 11) is 0. The van der Waals surface area contributed by atoms with Crippen molar-refractivity contribution in [2.45, 2.75) is 13.3 Å². The van der Waals surface area contributed by atoms with Crippen molar-refractivity contribution in [3.8, 4) is 0 Å². The van der Waals surface area contributed by atoms with Gasteiger partial charge < -0.3 is 16.0 Å². The topological polar surface area (TPSA) is 75.4 Å². The van der Waals surface area contributed by atoms with E-state index in [4.69, 9.17) is 5.73 Å². The van der Waals surface area contributed by atoms with Crippen LogP contribution in [-0.4, -0.2) is 29.8 Å². The highest BCUT2D eigenvalue weighted by atomic mass is 127. The number of nitrogens with one attached hydrogen (secondary N) is 1. The zero-order chi connectivity index (χ0) is 21.3. The van der Waals surface area contributed by atoms with Crippen molar-refractivity contribution in [1.82, 2.24) is 4.90 Å². The summed E-state index contributed by atoms with van der Waals surface area (Å²) in [6.07, 6.45) is 0.551. The molecule has 9 heteroatoms. The number of benzene rings is 2. The second-order valence-corrected chi connectivity index (χ2v) is 8.39. The second-order valence-electron chi connectivity index (χ2n) is 7.15. The zero-order valence-corrected chi connectivity index (χ0v) is 17.7. The Hall–Kier alpha value is -2.30. The highest BCUT2D eigenvalue weighted by Gasteiger charge is 2.34. The van der Waals surface area contributed by atoms with E-state index in [9.17, 15) is 22.8 Å². The van der Waals surface area contributed by atoms with Gasteiger partial charge in [-0.15, -0.1) is 0 Å². The molecular formula is C20H19F3IN3O2. The van der Waals surface area contributed by atoms with Gasteiger partial charge in [-0.2, -0.15) is 0 Å². The predicted molar refractivity (Wildman–Crippen MR) is 111 cm³/mol. The molecular weight excluding hydrogens is 498 g/mol. The first kappa shape index (κ1) is 21.4. The van der Waals surface area contributed by atoms with Gasteiger partial charge in [0.1, 0.15) is 5.82 Å². The molecule has 0 bridgehead atoms. The molecule has 0 spiro atoms. The first-order valence-corrected chi connectivity index (χ1v) is 10.0. The van der Waals surface area contributed by atoms with Crippen molar-refractivity contribution in [1.29, 1.82) is 0 Å². The molecule has 1 aliphatic rings. The fourth-order valence-corrected chi connectivity index (χ4v) is 3.70. The molecule has 0 aliphatic carbocycles. The molecule has 1 unspecified atom stereocenters. The Kier molecular flexibility index (Phi) is 6.35. The molecule has 1 fully saturated rings. The SMILES string of the molecule is CC(CC1CN(C(=O)c2ccc(F)c(F)c2Nc2ccc(I)cc2F)C1)C(N)=O. The van der Waals surface area contributed by atoms with Gasteiger partial charge >= 0.3 is 0 Å². The second kappa shape index (κ2) is 8.60. The molecule has 1 atom stereocenters. The number of likely N-dealkylation sites (tertiary alicyclic amines) is 1. The highest BCUT2D eigenvalue weighted by Crippen LogP contribution is 2.32. The van der Waals surface area contributed by atoms with Gasteiger partial charge in [0.2, 0.25) is 5.91 Å². The van der Waals surface area contributed by atoms with Crippen LogP contribution in [0, 0.1) is 32.9 Å². The monoisotopic (exact) mass is 517 g/mol. The summed E-state index contributed by atoms with van der Waals surface area (Å²) in [5.41, 5.74) is 4.68. The summed E-state index contributed by atoms with van der Waals surface area (Å²) in [6, 6.07) is 6.27. The van der Waals surface area contributed by atoms with Crippen molar-refractivity contribution in [3.63, 3.8) is 0 Å². The predicted octanol–water partition coefficient (Wildman–Crippen LogP) is 4.04. The summed E-state index contributed by atoms with van der Waals surface area (Å²) in [5.74, 6) is -4.15. The standard InChI is InChI=1S/C20H19F3IN3O2/c1-10(19(25)28)6-11-8-27(9-11)20(29)13-3-4-14(21)17(23)18(13)26-16-5-2-12(24)7-15(16)22/h2-5,7,10-11,26H,6,8-9H2,1H3,(H2,25,28). The maximum absolute atomic E-state index is 14.5. The quantitative estimate of drug-likeness (QED) is 0.569. The first-order chi connectivity index (χ1) is 13.7. The number of carbonyl (C=O) groups excluding carboxylic acids is 2. The minimum absolute atomic E-state index is 0.0688. The summed E-state index contributed by atoms with van der Waals surface area (Å²) in [6.45, 7) is 2.49. The third kappa shape index (κ3) is 4.65. The van der Waals surface area contributed by atoms with E-state index in [1.165, 1.54) is 23.1 Å². The molecule has 3 N–H and O–H groups in total. The van der Waals surface area contributed by atoms with E-state index in [1.807, 2.05) is 22.6 Å². The van der Waals surface area contributed by atoms with Crippen LogP contribution in [-0.2, 0) is 4.79 Å². The number of halogens is 4. The van der Waals surface area contributed by atoms with Crippen LogP contribution in [0.15, 0.2) is 30.3 Å². The largest absolute Gasteiger partial charge is 0.369 e. The van der Waals surface area contributed by atoms with Crippen LogP contribution in [0.25, 0.3) is 0 Å². The molecule has 1 aliphatic heterocycles. The Balaban J connectivity index is 1.80. The van der Waals surface area contributed by atoms with Crippen LogP contribution in [0.4, 0.5) is 24.5 Å². The minimum Gasteiger partial charge on any atom is -0.369 e. The van der Waals surface area contributed by atoms with Gasteiger partial charge in [-0.05, 0) is 65.3 Å². The fraction of sp³-hybridized carbons (Fsp3) is 0.300.